The van der Waals surface area contributed by atoms with Crippen molar-refractivity contribution in [1.82, 2.24) is 0 Å². The largest absolute Gasteiger partial charge is 0.371 e. The van der Waals surface area contributed by atoms with Gasteiger partial charge in [0, 0.05) is 19.9 Å². The molecule has 0 amide bonds. The third-order valence-electron chi connectivity index (χ3n) is 2.57. The van der Waals surface area contributed by atoms with E-state index < -0.39 is 7.60 Å². The molecule has 17 heavy (non-hydrogen) atoms. The molecule has 0 aliphatic rings. The molecule has 0 radical (unpaired) electrons. The molecular formula is C12H20NO3P. The van der Waals surface area contributed by atoms with Gasteiger partial charge in [0.05, 0.1) is 0 Å². The van der Waals surface area contributed by atoms with Crippen LogP contribution >= 0.6 is 7.60 Å². The number of hydrogen-bond donors (Lipinski definition) is 1. The van der Waals surface area contributed by atoms with Gasteiger partial charge in [-0.2, -0.15) is 0 Å². The normalized spacial score (nSPS) is 13.7. The Morgan fingerprint density at radius 2 is 1.65 bits per heavy atom. The molecule has 0 spiro atoms. The summed E-state index contributed by atoms with van der Waals surface area (Å²) in [6.07, 6.45) is 0. The summed E-state index contributed by atoms with van der Waals surface area (Å²) >= 11 is 0. The summed E-state index contributed by atoms with van der Waals surface area (Å²) in [6, 6.07) is 9.62. The molecule has 1 atom stereocenters. The van der Waals surface area contributed by atoms with E-state index in [2.05, 4.69) is 5.32 Å². The van der Waals surface area contributed by atoms with Crippen molar-refractivity contribution in [2.75, 3.05) is 19.5 Å². The number of rotatable bonds is 6. The maximum absolute atomic E-state index is 12.4. The molecule has 0 aliphatic carbocycles. The Morgan fingerprint density at radius 1 is 1.12 bits per heavy atom. The van der Waals surface area contributed by atoms with E-state index in [1.54, 1.807) is 0 Å². The molecule has 0 bridgehead atoms. The van der Waals surface area contributed by atoms with Crippen LogP contribution in [0.4, 0.5) is 5.69 Å². The van der Waals surface area contributed by atoms with E-state index in [4.69, 9.17) is 9.05 Å². The second kappa shape index (κ2) is 6.20. The lowest BCUT2D eigenvalue weighted by Gasteiger charge is -2.28. The summed E-state index contributed by atoms with van der Waals surface area (Å²) < 4.78 is 22.5. The molecule has 0 aromatic heterocycles. The highest BCUT2D eigenvalue weighted by molar-refractivity contribution is 7.54. The predicted octanol–water partition coefficient (Wildman–Crippen LogP) is 3.57. The van der Waals surface area contributed by atoms with Gasteiger partial charge in [0.15, 0.2) is 0 Å². The maximum atomic E-state index is 12.4. The minimum absolute atomic E-state index is 0.126. The fourth-order valence-corrected chi connectivity index (χ4v) is 3.26. The summed E-state index contributed by atoms with van der Waals surface area (Å²) in [5.74, 6) is -0.235. The van der Waals surface area contributed by atoms with Crippen LogP contribution in [0.3, 0.4) is 0 Å². The standard InChI is InChI=1S/C12H20NO3P/c1-10(2)12(17(14,15-3)16-4)13-11-8-6-5-7-9-11/h5-10,12-13H,1-4H3. The third-order valence-corrected chi connectivity index (χ3v) is 4.99. The highest BCUT2D eigenvalue weighted by Crippen LogP contribution is 2.54. The molecule has 0 saturated heterocycles. The van der Waals surface area contributed by atoms with E-state index in [1.807, 2.05) is 44.2 Å². The van der Waals surface area contributed by atoms with Crippen LogP contribution in [0.5, 0.6) is 0 Å². The lowest BCUT2D eigenvalue weighted by molar-refractivity contribution is 0.261. The van der Waals surface area contributed by atoms with Crippen molar-refractivity contribution >= 4 is 13.3 Å². The summed E-state index contributed by atoms with van der Waals surface area (Å²) in [4.78, 5) is 0. The number of anilines is 1. The lowest BCUT2D eigenvalue weighted by atomic mass is 10.2. The second-order valence-electron chi connectivity index (χ2n) is 4.10. The molecule has 0 aliphatic heterocycles. The van der Waals surface area contributed by atoms with Crippen LogP contribution in [0.2, 0.25) is 0 Å². The molecule has 1 unspecified atom stereocenters. The second-order valence-corrected chi connectivity index (χ2v) is 6.47. The zero-order chi connectivity index (χ0) is 12.9. The number of nitrogens with one attached hydrogen (secondary N) is 1. The van der Waals surface area contributed by atoms with Crippen LogP contribution in [0.1, 0.15) is 13.8 Å². The van der Waals surface area contributed by atoms with Crippen molar-refractivity contribution in [3.63, 3.8) is 0 Å². The summed E-state index contributed by atoms with van der Waals surface area (Å²) in [6.45, 7) is 3.95. The van der Waals surface area contributed by atoms with Gasteiger partial charge < -0.3 is 14.4 Å². The van der Waals surface area contributed by atoms with Crippen molar-refractivity contribution < 1.29 is 13.6 Å². The van der Waals surface area contributed by atoms with Gasteiger partial charge in [-0.3, -0.25) is 4.57 Å². The average molecular weight is 257 g/mol. The monoisotopic (exact) mass is 257 g/mol. The molecule has 1 N–H and O–H groups in total. The molecule has 0 fully saturated rings. The Balaban J connectivity index is 2.92. The zero-order valence-electron chi connectivity index (χ0n) is 10.7. The van der Waals surface area contributed by atoms with Crippen molar-refractivity contribution in [2.45, 2.75) is 19.6 Å². The first-order valence-electron chi connectivity index (χ1n) is 5.56. The molecule has 0 heterocycles. The fraction of sp³-hybridized carbons (Fsp3) is 0.500. The van der Waals surface area contributed by atoms with Crippen LogP contribution in [-0.4, -0.2) is 20.0 Å². The molecule has 1 aromatic carbocycles. The molecule has 96 valence electrons. The Kier molecular flexibility index (Phi) is 5.19. The van der Waals surface area contributed by atoms with Gasteiger partial charge in [0.25, 0.3) is 0 Å². The average Bonchev–Trinajstić information content (AvgIpc) is 2.36. The van der Waals surface area contributed by atoms with Crippen molar-refractivity contribution in [1.29, 1.82) is 0 Å². The van der Waals surface area contributed by atoms with E-state index in [1.165, 1.54) is 14.2 Å². The van der Waals surface area contributed by atoms with Gasteiger partial charge in [0.1, 0.15) is 5.78 Å². The number of hydrogen-bond acceptors (Lipinski definition) is 4. The fourth-order valence-electron chi connectivity index (χ4n) is 1.62. The SMILES string of the molecule is COP(=O)(OC)C(Nc1ccccc1)C(C)C. The van der Waals surface area contributed by atoms with E-state index in [0.29, 0.717) is 0 Å². The van der Waals surface area contributed by atoms with E-state index >= 15 is 0 Å². The number of para-hydroxylation sites is 1. The minimum atomic E-state index is -3.12. The third kappa shape index (κ3) is 3.56. The van der Waals surface area contributed by atoms with Crippen molar-refractivity contribution in [3.05, 3.63) is 30.3 Å². The van der Waals surface area contributed by atoms with Crippen LogP contribution in [0.15, 0.2) is 30.3 Å². The highest BCUT2D eigenvalue weighted by atomic mass is 31.2. The molecule has 4 nitrogen and oxygen atoms in total. The van der Waals surface area contributed by atoms with Gasteiger partial charge in [-0.15, -0.1) is 0 Å². The van der Waals surface area contributed by atoms with Crippen molar-refractivity contribution in [3.8, 4) is 0 Å². The van der Waals surface area contributed by atoms with Crippen molar-refractivity contribution in [2.24, 2.45) is 5.92 Å². The van der Waals surface area contributed by atoms with E-state index in [-0.39, 0.29) is 11.7 Å². The Labute approximate surface area is 103 Å². The first-order valence-corrected chi connectivity index (χ1v) is 7.17. The smallest absolute Gasteiger partial charge is 0.352 e. The van der Waals surface area contributed by atoms with Crippen LogP contribution in [0.25, 0.3) is 0 Å². The van der Waals surface area contributed by atoms with Gasteiger partial charge in [-0.05, 0) is 18.1 Å². The first-order chi connectivity index (χ1) is 8.03. The summed E-state index contributed by atoms with van der Waals surface area (Å²) in [7, 11) is -0.306. The molecule has 1 rings (SSSR count). The quantitative estimate of drug-likeness (QED) is 0.791. The van der Waals surface area contributed by atoms with Crippen LogP contribution in [-0.2, 0) is 13.6 Å². The molecule has 0 saturated carbocycles. The Hall–Kier alpha value is -0.830. The number of benzene rings is 1. The molecule has 1 aromatic rings. The molecule has 5 heteroatoms. The topological polar surface area (TPSA) is 47.6 Å². The van der Waals surface area contributed by atoms with Gasteiger partial charge in [-0.1, -0.05) is 32.0 Å². The lowest BCUT2D eigenvalue weighted by Crippen LogP contribution is -2.27. The Morgan fingerprint density at radius 3 is 2.06 bits per heavy atom. The molecular weight excluding hydrogens is 237 g/mol. The summed E-state index contributed by atoms with van der Waals surface area (Å²) in [5, 5.41) is 3.21. The van der Waals surface area contributed by atoms with Gasteiger partial charge >= 0.3 is 7.60 Å². The Bertz CT molecular complexity index is 373. The van der Waals surface area contributed by atoms with Gasteiger partial charge in [0.2, 0.25) is 0 Å². The zero-order valence-corrected chi connectivity index (χ0v) is 11.6. The highest BCUT2D eigenvalue weighted by Gasteiger charge is 2.36. The minimum Gasteiger partial charge on any atom is -0.371 e. The van der Waals surface area contributed by atoms with E-state index in [0.717, 1.165) is 5.69 Å². The predicted molar refractivity (Wildman–Crippen MR) is 70.3 cm³/mol. The summed E-state index contributed by atoms with van der Waals surface area (Å²) in [5.41, 5.74) is 0.903. The maximum Gasteiger partial charge on any atom is 0.352 e. The van der Waals surface area contributed by atoms with Crippen LogP contribution in [0, 0.1) is 5.92 Å². The van der Waals surface area contributed by atoms with E-state index in [9.17, 15) is 4.57 Å². The first kappa shape index (κ1) is 14.2. The van der Waals surface area contributed by atoms with Gasteiger partial charge in [-0.25, -0.2) is 0 Å². The van der Waals surface area contributed by atoms with Crippen LogP contribution < -0.4 is 5.32 Å².